The highest BCUT2D eigenvalue weighted by atomic mass is 35.5. The standard InChI is InChI=1S/C14H23N3O.ClH/c1-10-6-5-7-11(2)14(10)16-13(18)9-17(4)8-12(3)15;/h5-7,12H,8-9,15H2,1-4H3,(H,16,18);1H. The van der Waals surface area contributed by atoms with Gasteiger partial charge in [0.25, 0.3) is 0 Å². The summed E-state index contributed by atoms with van der Waals surface area (Å²) >= 11 is 0. The maximum atomic E-state index is 11.9. The molecule has 0 radical (unpaired) electrons. The van der Waals surface area contributed by atoms with Crippen molar-refractivity contribution < 1.29 is 4.79 Å². The summed E-state index contributed by atoms with van der Waals surface area (Å²) < 4.78 is 0. The van der Waals surface area contributed by atoms with Crippen molar-refractivity contribution in [2.75, 3.05) is 25.5 Å². The van der Waals surface area contributed by atoms with Crippen LogP contribution in [0.4, 0.5) is 5.69 Å². The predicted molar refractivity (Wildman–Crippen MR) is 82.9 cm³/mol. The highest BCUT2D eigenvalue weighted by Crippen LogP contribution is 2.19. The number of benzene rings is 1. The molecule has 1 aromatic rings. The monoisotopic (exact) mass is 285 g/mol. The van der Waals surface area contributed by atoms with Crippen molar-refractivity contribution in [2.24, 2.45) is 5.73 Å². The molecular formula is C14H24ClN3O. The van der Waals surface area contributed by atoms with E-state index in [-0.39, 0.29) is 24.4 Å². The van der Waals surface area contributed by atoms with Gasteiger partial charge in [0.1, 0.15) is 0 Å². The summed E-state index contributed by atoms with van der Waals surface area (Å²) in [6, 6.07) is 6.05. The normalized spacial score (nSPS) is 11.9. The number of amides is 1. The second-order valence-corrected chi connectivity index (χ2v) is 4.99. The predicted octanol–water partition coefficient (Wildman–Crippen LogP) is 1.94. The fourth-order valence-corrected chi connectivity index (χ4v) is 1.99. The number of carbonyl (C=O) groups excluding carboxylic acids is 1. The van der Waals surface area contributed by atoms with Crippen LogP contribution in [0.3, 0.4) is 0 Å². The van der Waals surface area contributed by atoms with E-state index in [0.717, 1.165) is 16.8 Å². The minimum atomic E-state index is -0.00412. The van der Waals surface area contributed by atoms with E-state index < -0.39 is 0 Å². The SMILES string of the molecule is Cc1cccc(C)c1NC(=O)CN(C)CC(C)N.Cl. The van der Waals surface area contributed by atoms with E-state index in [1.54, 1.807) is 0 Å². The topological polar surface area (TPSA) is 58.4 Å². The molecule has 19 heavy (non-hydrogen) atoms. The van der Waals surface area contributed by atoms with Crippen molar-refractivity contribution in [2.45, 2.75) is 26.8 Å². The summed E-state index contributed by atoms with van der Waals surface area (Å²) in [6.07, 6.45) is 0. The third-order valence-electron chi connectivity index (χ3n) is 2.76. The van der Waals surface area contributed by atoms with E-state index in [0.29, 0.717) is 13.1 Å². The van der Waals surface area contributed by atoms with Gasteiger partial charge >= 0.3 is 0 Å². The van der Waals surface area contributed by atoms with Crippen molar-refractivity contribution in [3.8, 4) is 0 Å². The largest absolute Gasteiger partial charge is 0.327 e. The van der Waals surface area contributed by atoms with Crippen molar-refractivity contribution >= 4 is 24.0 Å². The number of anilines is 1. The first-order valence-electron chi connectivity index (χ1n) is 6.20. The molecule has 0 aliphatic rings. The Morgan fingerprint density at radius 3 is 2.37 bits per heavy atom. The lowest BCUT2D eigenvalue weighted by atomic mass is 10.1. The third kappa shape index (κ3) is 6.05. The summed E-state index contributed by atoms with van der Waals surface area (Å²) in [7, 11) is 1.90. The number of nitrogens with one attached hydrogen (secondary N) is 1. The van der Waals surface area contributed by atoms with Gasteiger partial charge in [-0.15, -0.1) is 12.4 Å². The van der Waals surface area contributed by atoms with E-state index in [9.17, 15) is 4.79 Å². The van der Waals surface area contributed by atoms with Crippen LogP contribution in [0.1, 0.15) is 18.1 Å². The van der Waals surface area contributed by atoms with Gasteiger partial charge in [0.15, 0.2) is 0 Å². The Kier molecular flexibility index (Phi) is 7.68. The lowest BCUT2D eigenvalue weighted by molar-refractivity contribution is -0.117. The number of rotatable bonds is 5. The number of carbonyl (C=O) groups is 1. The molecule has 0 aliphatic carbocycles. The van der Waals surface area contributed by atoms with E-state index >= 15 is 0 Å². The van der Waals surface area contributed by atoms with Crippen LogP contribution in [0.15, 0.2) is 18.2 Å². The molecule has 1 atom stereocenters. The summed E-state index contributed by atoms with van der Waals surface area (Å²) in [5, 5.41) is 2.96. The van der Waals surface area contributed by atoms with E-state index in [4.69, 9.17) is 5.73 Å². The average Bonchev–Trinajstić information content (AvgIpc) is 2.22. The highest BCUT2D eigenvalue weighted by molar-refractivity contribution is 5.93. The molecule has 0 heterocycles. The van der Waals surface area contributed by atoms with Crippen molar-refractivity contribution in [3.05, 3.63) is 29.3 Å². The van der Waals surface area contributed by atoms with Gasteiger partial charge in [-0.1, -0.05) is 18.2 Å². The molecule has 5 heteroatoms. The second-order valence-electron chi connectivity index (χ2n) is 4.99. The lowest BCUT2D eigenvalue weighted by Crippen LogP contribution is -2.37. The molecule has 1 aromatic carbocycles. The van der Waals surface area contributed by atoms with Crippen LogP contribution in [-0.4, -0.2) is 37.0 Å². The Morgan fingerprint density at radius 1 is 1.37 bits per heavy atom. The van der Waals surface area contributed by atoms with Crippen molar-refractivity contribution in [1.29, 1.82) is 0 Å². The van der Waals surface area contributed by atoms with Gasteiger partial charge in [0.2, 0.25) is 5.91 Å². The Labute approximate surface area is 121 Å². The highest BCUT2D eigenvalue weighted by Gasteiger charge is 2.10. The van der Waals surface area contributed by atoms with Crippen LogP contribution >= 0.6 is 12.4 Å². The molecule has 0 fully saturated rings. The van der Waals surface area contributed by atoms with Crippen molar-refractivity contribution in [1.82, 2.24) is 4.90 Å². The number of halogens is 1. The van der Waals surface area contributed by atoms with Crippen LogP contribution in [0, 0.1) is 13.8 Å². The van der Waals surface area contributed by atoms with Gasteiger partial charge in [-0.2, -0.15) is 0 Å². The molecule has 0 bridgehead atoms. The Bertz CT molecular complexity index is 401. The van der Waals surface area contributed by atoms with Crippen LogP contribution in [-0.2, 0) is 4.79 Å². The maximum Gasteiger partial charge on any atom is 0.238 e. The first-order valence-corrected chi connectivity index (χ1v) is 6.20. The fraction of sp³-hybridized carbons (Fsp3) is 0.500. The van der Waals surface area contributed by atoms with Crippen molar-refractivity contribution in [3.63, 3.8) is 0 Å². The molecule has 1 unspecified atom stereocenters. The van der Waals surface area contributed by atoms with Gasteiger partial charge in [0.05, 0.1) is 6.54 Å². The molecule has 4 nitrogen and oxygen atoms in total. The number of nitrogens with zero attached hydrogens (tertiary/aromatic N) is 1. The zero-order chi connectivity index (χ0) is 13.7. The lowest BCUT2D eigenvalue weighted by Gasteiger charge is -2.19. The van der Waals surface area contributed by atoms with Crippen LogP contribution < -0.4 is 11.1 Å². The molecule has 0 aliphatic heterocycles. The summed E-state index contributed by atoms with van der Waals surface area (Å²) in [5.74, 6) is -0.00412. The van der Waals surface area contributed by atoms with Gasteiger partial charge in [-0.25, -0.2) is 0 Å². The summed E-state index contributed by atoms with van der Waals surface area (Å²) in [5.41, 5.74) is 8.77. The minimum absolute atomic E-state index is 0. The minimum Gasteiger partial charge on any atom is -0.327 e. The summed E-state index contributed by atoms with van der Waals surface area (Å²) in [6.45, 7) is 6.98. The number of hydrogen-bond donors (Lipinski definition) is 2. The molecule has 0 saturated carbocycles. The van der Waals surface area contributed by atoms with E-state index in [1.165, 1.54) is 0 Å². The van der Waals surface area contributed by atoms with E-state index in [2.05, 4.69) is 5.32 Å². The summed E-state index contributed by atoms with van der Waals surface area (Å²) in [4.78, 5) is 13.8. The average molecular weight is 286 g/mol. The molecule has 0 aromatic heterocycles. The Morgan fingerprint density at radius 2 is 1.89 bits per heavy atom. The zero-order valence-corrected chi connectivity index (χ0v) is 12.9. The smallest absolute Gasteiger partial charge is 0.238 e. The van der Waals surface area contributed by atoms with Crippen LogP contribution in [0.5, 0.6) is 0 Å². The fourth-order valence-electron chi connectivity index (χ4n) is 1.99. The molecule has 1 amide bonds. The number of likely N-dealkylation sites (N-methyl/N-ethyl adjacent to an activating group) is 1. The first-order chi connectivity index (χ1) is 8.40. The van der Waals surface area contributed by atoms with Crippen LogP contribution in [0.2, 0.25) is 0 Å². The van der Waals surface area contributed by atoms with Gasteiger partial charge in [0, 0.05) is 18.3 Å². The number of para-hydroxylation sites is 1. The Hall–Kier alpha value is -1.10. The van der Waals surface area contributed by atoms with E-state index in [1.807, 2.05) is 50.9 Å². The first kappa shape index (κ1) is 17.9. The number of hydrogen-bond acceptors (Lipinski definition) is 3. The molecule has 3 N–H and O–H groups in total. The number of aryl methyl sites for hydroxylation is 2. The van der Waals surface area contributed by atoms with Crippen LogP contribution in [0.25, 0.3) is 0 Å². The molecular weight excluding hydrogens is 262 g/mol. The molecule has 1 rings (SSSR count). The third-order valence-corrected chi connectivity index (χ3v) is 2.76. The maximum absolute atomic E-state index is 11.9. The molecule has 108 valence electrons. The van der Waals surface area contributed by atoms with Gasteiger partial charge < -0.3 is 11.1 Å². The quantitative estimate of drug-likeness (QED) is 0.869. The van der Waals surface area contributed by atoms with Gasteiger partial charge in [-0.05, 0) is 38.9 Å². The molecule has 0 spiro atoms. The molecule has 0 saturated heterocycles. The second kappa shape index (κ2) is 8.15. The Balaban J connectivity index is 0.00000324. The number of nitrogens with two attached hydrogens (primary N) is 1. The van der Waals surface area contributed by atoms with Gasteiger partial charge in [-0.3, -0.25) is 9.69 Å². The zero-order valence-electron chi connectivity index (χ0n) is 12.1.